The summed E-state index contributed by atoms with van der Waals surface area (Å²) in [5, 5.41) is 2.97. The number of carbonyl (C=O) groups excluding carboxylic acids is 1. The van der Waals surface area contributed by atoms with Gasteiger partial charge in [-0.05, 0) is 18.6 Å². The Morgan fingerprint density at radius 2 is 1.95 bits per heavy atom. The van der Waals surface area contributed by atoms with Gasteiger partial charge in [0.1, 0.15) is 17.2 Å². The Labute approximate surface area is 123 Å². The van der Waals surface area contributed by atoms with Crippen molar-refractivity contribution >= 4 is 17.4 Å². The molecule has 0 spiro atoms. The van der Waals surface area contributed by atoms with E-state index in [2.05, 4.69) is 10.3 Å². The fourth-order valence-electron chi connectivity index (χ4n) is 2.29. The molecule has 0 unspecified atom stereocenters. The minimum absolute atomic E-state index is 0.0181. The van der Waals surface area contributed by atoms with Crippen molar-refractivity contribution in [3.8, 4) is 11.3 Å². The number of carbonyl (C=O) groups is 1. The molecule has 0 aliphatic carbocycles. The lowest BCUT2D eigenvalue weighted by Crippen LogP contribution is -2.12. The molecule has 3 rings (SSSR count). The number of hydrogen-bond donors (Lipinski definition) is 1. The molecule has 1 aromatic carbocycles. The molecule has 0 atom stereocenters. The number of pyridine rings is 1. The fourth-order valence-corrected chi connectivity index (χ4v) is 2.29. The Bertz CT molecular complexity index is 790. The largest absolute Gasteiger partial charge is 0.310 e. The van der Waals surface area contributed by atoms with E-state index in [0.717, 1.165) is 28.3 Å². The second kappa shape index (κ2) is 5.40. The van der Waals surface area contributed by atoms with Crippen molar-refractivity contribution in [1.82, 2.24) is 9.38 Å². The highest BCUT2D eigenvalue weighted by molar-refractivity contribution is 5.94. The van der Waals surface area contributed by atoms with Crippen LogP contribution >= 0.6 is 0 Å². The number of anilines is 1. The number of hydrogen-bond acceptors (Lipinski definition) is 2. The van der Waals surface area contributed by atoms with Gasteiger partial charge in [0.15, 0.2) is 0 Å². The zero-order valence-corrected chi connectivity index (χ0v) is 12.1. The number of nitrogens with one attached hydrogen (secondary N) is 1. The molecule has 4 heteroatoms. The van der Waals surface area contributed by atoms with E-state index in [1.807, 2.05) is 66.9 Å². The van der Waals surface area contributed by atoms with Gasteiger partial charge in [-0.15, -0.1) is 0 Å². The van der Waals surface area contributed by atoms with Crippen molar-refractivity contribution in [2.45, 2.75) is 20.3 Å². The quantitative estimate of drug-likeness (QED) is 0.795. The van der Waals surface area contributed by atoms with Crippen LogP contribution in [-0.2, 0) is 4.79 Å². The van der Waals surface area contributed by atoms with Crippen LogP contribution in [0.25, 0.3) is 16.9 Å². The summed E-state index contributed by atoms with van der Waals surface area (Å²) in [6.45, 7) is 3.86. The SMILES string of the molecule is CCC(=O)Nc1c(-c2ccccc2)nc2ccc(C)cn12. The summed E-state index contributed by atoms with van der Waals surface area (Å²) in [5.41, 5.74) is 3.73. The molecule has 0 aliphatic heterocycles. The molecule has 0 saturated carbocycles. The summed E-state index contributed by atoms with van der Waals surface area (Å²) < 4.78 is 1.94. The number of amides is 1. The topological polar surface area (TPSA) is 46.4 Å². The minimum Gasteiger partial charge on any atom is -0.310 e. The van der Waals surface area contributed by atoms with Crippen LogP contribution in [0, 0.1) is 6.92 Å². The van der Waals surface area contributed by atoms with E-state index in [-0.39, 0.29) is 5.91 Å². The molecule has 2 aromatic heterocycles. The van der Waals surface area contributed by atoms with Gasteiger partial charge < -0.3 is 5.32 Å². The number of rotatable bonds is 3. The monoisotopic (exact) mass is 279 g/mol. The maximum Gasteiger partial charge on any atom is 0.225 e. The summed E-state index contributed by atoms with van der Waals surface area (Å²) in [6, 6.07) is 13.9. The van der Waals surface area contributed by atoms with Crippen molar-refractivity contribution < 1.29 is 4.79 Å². The number of aryl methyl sites for hydroxylation is 1. The first kappa shape index (κ1) is 13.4. The Hall–Kier alpha value is -2.62. The van der Waals surface area contributed by atoms with Crippen molar-refractivity contribution in [1.29, 1.82) is 0 Å². The first-order valence-electron chi connectivity index (χ1n) is 7.03. The molecule has 21 heavy (non-hydrogen) atoms. The molecule has 1 amide bonds. The van der Waals surface area contributed by atoms with Gasteiger partial charge in [0.2, 0.25) is 5.91 Å². The van der Waals surface area contributed by atoms with Gasteiger partial charge in [-0.3, -0.25) is 9.20 Å². The zero-order valence-electron chi connectivity index (χ0n) is 12.1. The number of nitrogens with zero attached hydrogens (tertiary/aromatic N) is 2. The predicted molar refractivity (Wildman–Crippen MR) is 84.3 cm³/mol. The second-order valence-electron chi connectivity index (χ2n) is 5.01. The lowest BCUT2D eigenvalue weighted by Gasteiger charge is -2.07. The normalized spacial score (nSPS) is 10.8. The average molecular weight is 279 g/mol. The molecule has 106 valence electrons. The summed E-state index contributed by atoms with van der Waals surface area (Å²) in [4.78, 5) is 16.5. The maximum absolute atomic E-state index is 11.8. The number of imidazole rings is 1. The highest BCUT2D eigenvalue weighted by Gasteiger charge is 2.15. The third-order valence-electron chi connectivity index (χ3n) is 3.39. The van der Waals surface area contributed by atoms with E-state index in [0.29, 0.717) is 6.42 Å². The second-order valence-corrected chi connectivity index (χ2v) is 5.01. The van der Waals surface area contributed by atoms with Crippen molar-refractivity contribution in [3.05, 3.63) is 54.2 Å². The van der Waals surface area contributed by atoms with Crippen molar-refractivity contribution in [2.75, 3.05) is 5.32 Å². The molecule has 1 N–H and O–H groups in total. The summed E-state index contributed by atoms with van der Waals surface area (Å²) in [6.07, 6.45) is 2.42. The highest BCUT2D eigenvalue weighted by atomic mass is 16.1. The number of benzene rings is 1. The number of fused-ring (bicyclic) bond motifs is 1. The molecule has 2 heterocycles. The standard InChI is InChI=1S/C17H17N3O/c1-3-15(21)19-17-16(13-7-5-4-6-8-13)18-14-10-9-12(2)11-20(14)17/h4-11H,3H2,1-2H3,(H,19,21). The molecule has 4 nitrogen and oxygen atoms in total. The summed E-state index contributed by atoms with van der Waals surface area (Å²) in [5.74, 6) is 0.710. The first-order valence-corrected chi connectivity index (χ1v) is 7.03. The van der Waals surface area contributed by atoms with Gasteiger partial charge in [-0.1, -0.05) is 43.3 Å². The molecular formula is C17H17N3O. The van der Waals surface area contributed by atoms with E-state index in [1.54, 1.807) is 0 Å². The molecule has 0 saturated heterocycles. The van der Waals surface area contributed by atoms with Crippen LogP contribution in [0.5, 0.6) is 0 Å². The van der Waals surface area contributed by atoms with E-state index < -0.39 is 0 Å². The molecule has 0 bridgehead atoms. The minimum atomic E-state index is -0.0181. The first-order chi connectivity index (χ1) is 10.2. The zero-order chi connectivity index (χ0) is 14.8. The molecule has 3 aromatic rings. The van der Waals surface area contributed by atoms with Crippen LogP contribution in [0.1, 0.15) is 18.9 Å². The van der Waals surface area contributed by atoms with Crippen LogP contribution in [0.3, 0.4) is 0 Å². The van der Waals surface area contributed by atoms with Crippen LogP contribution in [0.15, 0.2) is 48.7 Å². The lowest BCUT2D eigenvalue weighted by atomic mass is 10.1. The molecule has 0 fully saturated rings. The van der Waals surface area contributed by atoms with Crippen LogP contribution in [0.4, 0.5) is 5.82 Å². The van der Waals surface area contributed by atoms with Crippen LogP contribution < -0.4 is 5.32 Å². The Balaban J connectivity index is 2.23. The smallest absolute Gasteiger partial charge is 0.225 e. The predicted octanol–water partition coefficient (Wildman–Crippen LogP) is 3.66. The lowest BCUT2D eigenvalue weighted by molar-refractivity contribution is -0.115. The van der Waals surface area contributed by atoms with Gasteiger partial charge >= 0.3 is 0 Å². The third-order valence-corrected chi connectivity index (χ3v) is 3.39. The number of aromatic nitrogens is 2. The summed E-state index contributed by atoms with van der Waals surface area (Å²) >= 11 is 0. The Morgan fingerprint density at radius 3 is 2.67 bits per heavy atom. The van der Waals surface area contributed by atoms with Crippen molar-refractivity contribution in [2.24, 2.45) is 0 Å². The maximum atomic E-state index is 11.8. The van der Waals surface area contributed by atoms with E-state index >= 15 is 0 Å². The van der Waals surface area contributed by atoms with Gasteiger partial charge in [0.05, 0.1) is 0 Å². The molecule has 0 aliphatic rings. The van der Waals surface area contributed by atoms with Gasteiger partial charge in [-0.2, -0.15) is 0 Å². The van der Waals surface area contributed by atoms with Crippen molar-refractivity contribution in [3.63, 3.8) is 0 Å². The van der Waals surface area contributed by atoms with E-state index in [4.69, 9.17) is 0 Å². The van der Waals surface area contributed by atoms with Gasteiger partial charge in [-0.25, -0.2) is 4.98 Å². The molecular weight excluding hydrogens is 262 g/mol. The summed E-state index contributed by atoms with van der Waals surface area (Å²) in [7, 11) is 0. The fraction of sp³-hybridized carbons (Fsp3) is 0.176. The Kier molecular flexibility index (Phi) is 3.44. The van der Waals surface area contributed by atoms with Gasteiger partial charge in [0, 0.05) is 18.2 Å². The van der Waals surface area contributed by atoms with E-state index in [1.165, 1.54) is 0 Å². The molecule has 0 radical (unpaired) electrons. The van der Waals surface area contributed by atoms with Crippen LogP contribution in [0.2, 0.25) is 0 Å². The highest BCUT2D eigenvalue weighted by Crippen LogP contribution is 2.29. The Morgan fingerprint density at radius 1 is 1.19 bits per heavy atom. The van der Waals surface area contributed by atoms with Gasteiger partial charge in [0.25, 0.3) is 0 Å². The third kappa shape index (κ3) is 2.52. The average Bonchev–Trinajstić information content (AvgIpc) is 2.86. The van der Waals surface area contributed by atoms with Crippen LogP contribution in [-0.4, -0.2) is 15.3 Å². The van der Waals surface area contributed by atoms with E-state index in [9.17, 15) is 4.79 Å².